The van der Waals surface area contributed by atoms with E-state index in [-0.39, 0.29) is 24.1 Å². The molecule has 3 aromatic heterocycles. The molecule has 1 aliphatic rings. The number of hydrogen-bond donors (Lipinski definition) is 0. The van der Waals surface area contributed by atoms with Gasteiger partial charge in [-0.15, -0.1) is 0 Å². The number of fused-ring (bicyclic) bond motifs is 2. The van der Waals surface area contributed by atoms with Crippen LogP contribution >= 0.6 is 0 Å². The number of carbonyl (C=O) groups excluding carboxylic acids is 1. The fraction of sp³-hybridized carbons (Fsp3) is 0.238. The average Bonchev–Trinajstić information content (AvgIpc) is 3.37. The number of nitrogens with zero attached hydrogens (tertiary/aromatic N) is 6. The van der Waals surface area contributed by atoms with Crippen molar-refractivity contribution in [2.45, 2.75) is 19.1 Å². The standard InChI is InChI=1S/C21H20N6O2/c1-24-20-16(12-23-24)21(29)26(14-22-20)13-18(28)27-11-10-25-9-5-8-17(25)19(27)15-6-3-2-4-7-15/h2-9,12,14,19H,10-11,13H2,1H3. The molecule has 4 aromatic rings. The van der Waals surface area contributed by atoms with Gasteiger partial charge in [0.25, 0.3) is 5.56 Å². The summed E-state index contributed by atoms with van der Waals surface area (Å²) in [6, 6.07) is 13.8. The highest BCUT2D eigenvalue weighted by Gasteiger charge is 2.32. The minimum absolute atomic E-state index is 0.0549. The lowest BCUT2D eigenvalue weighted by atomic mass is 10.00. The van der Waals surface area contributed by atoms with E-state index in [4.69, 9.17) is 0 Å². The molecule has 5 rings (SSSR count). The summed E-state index contributed by atoms with van der Waals surface area (Å²) in [5.41, 5.74) is 2.38. The molecule has 8 heteroatoms. The van der Waals surface area contributed by atoms with E-state index in [0.717, 1.165) is 17.8 Å². The highest BCUT2D eigenvalue weighted by Crippen LogP contribution is 2.32. The van der Waals surface area contributed by atoms with Crippen LogP contribution in [0.4, 0.5) is 0 Å². The first-order chi connectivity index (χ1) is 14.1. The maximum Gasteiger partial charge on any atom is 0.264 e. The maximum atomic E-state index is 13.3. The topological polar surface area (TPSA) is 78.0 Å². The molecule has 0 aliphatic carbocycles. The van der Waals surface area contributed by atoms with Gasteiger partial charge in [-0.2, -0.15) is 5.10 Å². The normalized spacial score (nSPS) is 16.2. The minimum atomic E-state index is -0.256. The molecule has 0 spiro atoms. The van der Waals surface area contributed by atoms with Crippen molar-refractivity contribution in [2.75, 3.05) is 6.54 Å². The second kappa shape index (κ2) is 6.73. The van der Waals surface area contributed by atoms with Crippen molar-refractivity contribution < 1.29 is 4.79 Å². The van der Waals surface area contributed by atoms with Gasteiger partial charge in [-0.05, 0) is 17.7 Å². The second-order valence-corrected chi connectivity index (χ2v) is 7.21. The summed E-state index contributed by atoms with van der Waals surface area (Å²) in [7, 11) is 1.73. The number of carbonyl (C=O) groups is 1. The largest absolute Gasteiger partial charge is 0.348 e. The number of amides is 1. The van der Waals surface area contributed by atoms with E-state index >= 15 is 0 Å². The smallest absolute Gasteiger partial charge is 0.264 e. The van der Waals surface area contributed by atoms with Gasteiger partial charge in [0.05, 0.1) is 12.2 Å². The molecule has 0 bridgehead atoms. The molecule has 1 atom stereocenters. The Kier molecular flexibility index (Phi) is 4.04. The maximum absolute atomic E-state index is 13.3. The van der Waals surface area contributed by atoms with Crippen LogP contribution in [0.2, 0.25) is 0 Å². The van der Waals surface area contributed by atoms with Crippen molar-refractivity contribution in [3.63, 3.8) is 0 Å². The Morgan fingerprint density at radius 3 is 2.79 bits per heavy atom. The molecule has 0 N–H and O–H groups in total. The molecule has 4 heterocycles. The highest BCUT2D eigenvalue weighted by molar-refractivity contribution is 5.78. The molecule has 0 fully saturated rings. The zero-order valence-electron chi connectivity index (χ0n) is 16.0. The number of rotatable bonds is 3. The van der Waals surface area contributed by atoms with Crippen molar-refractivity contribution >= 4 is 16.9 Å². The summed E-state index contributed by atoms with van der Waals surface area (Å²) < 4.78 is 5.09. The molecule has 1 aliphatic heterocycles. The van der Waals surface area contributed by atoms with E-state index in [1.807, 2.05) is 53.6 Å². The van der Waals surface area contributed by atoms with Crippen LogP contribution in [0.25, 0.3) is 11.0 Å². The van der Waals surface area contributed by atoms with Gasteiger partial charge in [0.15, 0.2) is 5.65 Å². The van der Waals surface area contributed by atoms with Gasteiger partial charge < -0.3 is 9.47 Å². The summed E-state index contributed by atoms with van der Waals surface area (Å²) in [6.07, 6.45) is 4.96. The van der Waals surface area contributed by atoms with E-state index in [1.165, 1.54) is 17.1 Å². The van der Waals surface area contributed by atoms with Gasteiger partial charge in [-0.25, -0.2) is 4.98 Å². The zero-order chi connectivity index (χ0) is 20.0. The van der Waals surface area contributed by atoms with Gasteiger partial charge in [-0.3, -0.25) is 18.8 Å². The summed E-state index contributed by atoms with van der Waals surface area (Å²) in [5.74, 6) is -0.113. The number of aryl methyl sites for hydroxylation is 1. The first kappa shape index (κ1) is 17.4. The van der Waals surface area contributed by atoms with Crippen LogP contribution in [0.15, 0.2) is 66.0 Å². The monoisotopic (exact) mass is 388 g/mol. The quantitative estimate of drug-likeness (QED) is 0.534. The van der Waals surface area contributed by atoms with E-state index in [0.29, 0.717) is 17.6 Å². The SMILES string of the molecule is Cn1ncc2c(=O)n(CC(=O)N3CCn4cccc4C3c3ccccc3)cnc21. The van der Waals surface area contributed by atoms with Crippen LogP contribution in [0.1, 0.15) is 17.3 Å². The zero-order valence-corrected chi connectivity index (χ0v) is 16.0. The molecule has 146 valence electrons. The van der Waals surface area contributed by atoms with Gasteiger partial charge >= 0.3 is 0 Å². The van der Waals surface area contributed by atoms with Crippen LogP contribution in [0.3, 0.4) is 0 Å². The highest BCUT2D eigenvalue weighted by atomic mass is 16.2. The Bertz CT molecular complexity index is 1250. The van der Waals surface area contributed by atoms with Crippen molar-refractivity contribution in [1.82, 2.24) is 28.8 Å². The first-order valence-corrected chi connectivity index (χ1v) is 9.50. The number of hydrogen-bond acceptors (Lipinski definition) is 4. The van der Waals surface area contributed by atoms with E-state index in [1.54, 1.807) is 11.7 Å². The summed E-state index contributed by atoms with van der Waals surface area (Å²) >= 11 is 0. The predicted octanol–water partition coefficient (Wildman–Crippen LogP) is 1.56. The third-order valence-corrected chi connectivity index (χ3v) is 5.50. The van der Waals surface area contributed by atoms with Crippen LogP contribution in [-0.2, 0) is 24.9 Å². The minimum Gasteiger partial charge on any atom is -0.348 e. The fourth-order valence-corrected chi connectivity index (χ4v) is 4.05. The van der Waals surface area contributed by atoms with Gasteiger partial charge in [0.2, 0.25) is 5.91 Å². The Labute approximate surface area is 166 Å². The molecular weight excluding hydrogens is 368 g/mol. The first-order valence-electron chi connectivity index (χ1n) is 9.50. The van der Waals surface area contributed by atoms with Crippen LogP contribution in [0.5, 0.6) is 0 Å². The second-order valence-electron chi connectivity index (χ2n) is 7.21. The number of aromatic nitrogens is 5. The van der Waals surface area contributed by atoms with Crippen LogP contribution in [0, 0.1) is 0 Å². The van der Waals surface area contributed by atoms with Crippen molar-refractivity contribution in [1.29, 1.82) is 0 Å². The van der Waals surface area contributed by atoms with Gasteiger partial charge in [-0.1, -0.05) is 30.3 Å². The Morgan fingerprint density at radius 2 is 1.97 bits per heavy atom. The van der Waals surface area contributed by atoms with Crippen LogP contribution in [-0.4, -0.2) is 41.3 Å². The Balaban J connectivity index is 1.50. The lowest BCUT2D eigenvalue weighted by molar-refractivity contribution is -0.134. The molecule has 29 heavy (non-hydrogen) atoms. The van der Waals surface area contributed by atoms with Crippen molar-refractivity contribution in [2.24, 2.45) is 7.05 Å². The summed E-state index contributed by atoms with van der Waals surface area (Å²) in [4.78, 5) is 32.2. The molecule has 1 amide bonds. The van der Waals surface area contributed by atoms with Crippen LogP contribution < -0.4 is 5.56 Å². The number of benzene rings is 1. The third kappa shape index (κ3) is 2.84. The van der Waals surface area contributed by atoms with Crippen molar-refractivity contribution in [3.05, 3.63) is 82.8 Å². The Morgan fingerprint density at radius 1 is 1.14 bits per heavy atom. The summed E-state index contributed by atoms with van der Waals surface area (Å²) in [5, 5.41) is 4.49. The average molecular weight is 388 g/mol. The Hall–Kier alpha value is -3.68. The van der Waals surface area contributed by atoms with Crippen molar-refractivity contribution in [3.8, 4) is 0 Å². The molecule has 0 saturated heterocycles. The predicted molar refractivity (Wildman–Crippen MR) is 107 cm³/mol. The lowest BCUT2D eigenvalue weighted by Crippen LogP contribution is -2.44. The van der Waals surface area contributed by atoms with Gasteiger partial charge in [0.1, 0.15) is 18.3 Å². The lowest BCUT2D eigenvalue weighted by Gasteiger charge is -2.37. The molecule has 0 radical (unpaired) electrons. The molecule has 1 aromatic carbocycles. The van der Waals surface area contributed by atoms with Gasteiger partial charge in [0, 0.05) is 32.0 Å². The molecule has 1 unspecified atom stereocenters. The van der Waals surface area contributed by atoms with E-state index < -0.39 is 0 Å². The van der Waals surface area contributed by atoms with E-state index in [2.05, 4.69) is 14.6 Å². The molecule has 8 nitrogen and oxygen atoms in total. The molecular formula is C21H20N6O2. The fourth-order valence-electron chi connectivity index (χ4n) is 4.05. The van der Waals surface area contributed by atoms with E-state index in [9.17, 15) is 9.59 Å². The molecule has 0 saturated carbocycles. The summed E-state index contributed by atoms with van der Waals surface area (Å²) in [6.45, 7) is 1.25. The third-order valence-electron chi connectivity index (χ3n) is 5.50.